The summed E-state index contributed by atoms with van der Waals surface area (Å²) in [7, 11) is 0. The Morgan fingerprint density at radius 1 is 1.22 bits per heavy atom. The number of rotatable bonds is 6. The number of hydrogen-bond donors (Lipinski definition) is 3. The number of alkyl carbamates (subject to hydrolysis) is 1. The molecule has 196 valence electrons. The molecule has 1 aromatic carbocycles. The Morgan fingerprint density at radius 2 is 2.00 bits per heavy atom. The number of hydrogen-bond acceptors (Lipinski definition) is 9. The summed E-state index contributed by atoms with van der Waals surface area (Å²) in [4.78, 5) is 40.8. The van der Waals surface area contributed by atoms with Gasteiger partial charge in [-0.25, -0.2) is 19.7 Å². The Morgan fingerprint density at radius 3 is 2.73 bits per heavy atom. The first-order chi connectivity index (χ1) is 17.5. The smallest absolute Gasteiger partial charge is 0.407 e. The van der Waals surface area contributed by atoms with Gasteiger partial charge in [-0.3, -0.25) is 4.79 Å². The summed E-state index contributed by atoms with van der Waals surface area (Å²) in [5, 5.41) is 9.96. The minimum Gasteiger partial charge on any atom is -0.444 e. The van der Waals surface area contributed by atoms with Crippen LogP contribution in [0.3, 0.4) is 0 Å². The van der Waals surface area contributed by atoms with Crippen LogP contribution in [-0.2, 0) is 4.74 Å². The summed E-state index contributed by atoms with van der Waals surface area (Å²) in [5.74, 6) is 1.61. The molecule has 3 aromatic rings. The number of nitrogens with one attached hydrogen (secondary N) is 3. The van der Waals surface area contributed by atoms with E-state index < -0.39 is 11.7 Å². The molecular formula is C25H30ClN7O3S. The van der Waals surface area contributed by atoms with Crippen molar-refractivity contribution < 1.29 is 14.3 Å². The molecular weight excluding hydrogens is 514 g/mol. The standard InChI is InChI=1S/C25H30ClN7O3S/c1-14-7-6-8-17(26)21(14)32-22(34)18-12-27-23(37-18)31-19-11-20(29-15(2)28-19)33-10-9-16(13-33)30-24(35)36-25(3,4)5/h6-8,11-12,16H,9-10,13H2,1-5H3,(H,30,35)(H,32,34)(H,27,28,29,31)/t16-/m1/s1. The van der Waals surface area contributed by atoms with Gasteiger partial charge in [0, 0.05) is 19.2 Å². The highest BCUT2D eigenvalue weighted by Crippen LogP contribution is 2.29. The van der Waals surface area contributed by atoms with Crippen molar-refractivity contribution in [1.82, 2.24) is 20.3 Å². The second-order valence-corrected chi connectivity index (χ2v) is 11.2. The zero-order valence-corrected chi connectivity index (χ0v) is 23.0. The van der Waals surface area contributed by atoms with Gasteiger partial charge in [0.1, 0.15) is 27.9 Å². The molecule has 1 aliphatic rings. The maximum Gasteiger partial charge on any atom is 0.407 e. The largest absolute Gasteiger partial charge is 0.444 e. The van der Waals surface area contributed by atoms with Crippen LogP contribution in [0.2, 0.25) is 5.02 Å². The van der Waals surface area contributed by atoms with Crippen LogP contribution in [0.25, 0.3) is 0 Å². The molecule has 1 saturated heterocycles. The molecule has 37 heavy (non-hydrogen) atoms. The third-order valence-corrected chi connectivity index (χ3v) is 6.71. The lowest BCUT2D eigenvalue weighted by Gasteiger charge is -2.22. The number of carbonyl (C=O) groups excluding carboxylic acids is 2. The van der Waals surface area contributed by atoms with Gasteiger partial charge in [0.2, 0.25) is 0 Å². The van der Waals surface area contributed by atoms with E-state index in [1.54, 1.807) is 6.07 Å². The molecule has 3 heterocycles. The average molecular weight is 544 g/mol. The van der Waals surface area contributed by atoms with E-state index in [9.17, 15) is 9.59 Å². The van der Waals surface area contributed by atoms with Gasteiger partial charge in [-0.2, -0.15) is 0 Å². The normalized spacial score (nSPS) is 15.4. The topological polar surface area (TPSA) is 121 Å². The van der Waals surface area contributed by atoms with Crippen molar-refractivity contribution in [3.63, 3.8) is 0 Å². The van der Waals surface area contributed by atoms with E-state index in [-0.39, 0.29) is 11.9 Å². The highest BCUT2D eigenvalue weighted by atomic mass is 35.5. The third kappa shape index (κ3) is 7.07. The number of aryl methyl sites for hydroxylation is 2. The highest BCUT2D eigenvalue weighted by Gasteiger charge is 2.27. The maximum atomic E-state index is 12.8. The fourth-order valence-electron chi connectivity index (χ4n) is 3.85. The Hall–Kier alpha value is -3.44. The second kappa shape index (κ2) is 10.9. The molecule has 12 heteroatoms. The molecule has 0 radical (unpaired) electrons. The molecule has 1 aliphatic heterocycles. The van der Waals surface area contributed by atoms with E-state index in [2.05, 4.69) is 35.8 Å². The van der Waals surface area contributed by atoms with Crippen LogP contribution >= 0.6 is 22.9 Å². The Kier molecular flexibility index (Phi) is 7.84. The van der Waals surface area contributed by atoms with Gasteiger partial charge < -0.3 is 25.6 Å². The summed E-state index contributed by atoms with van der Waals surface area (Å²) in [5.41, 5.74) is 0.910. The summed E-state index contributed by atoms with van der Waals surface area (Å²) in [6.45, 7) is 10.5. The SMILES string of the molecule is Cc1nc(Nc2ncc(C(=O)Nc3c(C)cccc3Cl)s2)cc(N2CC[C@@H](NC(=O)OC(C)(C)C)C2)n1. The molecule has 0 unspecified atom stereocenters. The highest BCUT2D eigenvalue weighted by molar-refractivity contribution is 7.17. The van der Waals surface area contributed by atoms with E-state index in [0.717, 1.165) is 24.3 Å². The van der Waals surface area contributed by atoms with Crippen molar-refractivity contribution in [2.45, 2.75) is 52.7 Å². The van der Waals surface area contributed by atoms with E-state index in [1.807, 2.05) is 52.8 Å². The zero-order valence-electron chi connectivity index (χ0n) is 21.4. The Balaban J connectivity index is 1.40. The molecule has 2 aromatic heterocycles. The number of amides is 2. The number of nitrogens with zero attached hydrogens (tertiary/aromatic N) is 4. The number of thiazole rings is 1. The molecule has 4 rings (SSSR count). The third-order valence-electron chi connectivity index (χ3n) is 5.48. The lowest BCUT2D eigenvalue weighted by atomic mass is 10.2. The lowest BCUT2D eigenvalue weighted by Crippen LogP contribution is -2.40. The van der Waals surface area contributed by atoms with Crippen molar-refractivity contribution in [2.75, 3.05) is 28.6 Å². The van der Waals surface area contributed by atoms with Gasteiger partial charge in [-0.15, -0.1) is 0 Å². The molecule has 10 nitrogen and oxygen atoms in total. The minimum absolute atomic E-state index is 0.0386. The van der Waals surface area contributed by atoms with E-state index in [0.29, 0.717) is 38.9 Å². The minimum atomic E-state index is -0.545. The fraction of sp³-hybridized carbons (Fsp3) is 0.400. The predicted octanol–water partition coefficient (Wildman–Crippen LogP) is 5.30. The van der Waals surface area contributed by atoms with Gasteiger partial charge in [0.05, 0.1) is 22.9 Å². The molecule has 2 amide bonds. The summed E-state index contributed by atoms with van der Waals surface area (Å²) in [6, 6.07) is 7.24. The first-order valence-electron chi connectivity index (χ1n) is 11.9. The Bertz CT molecular complexity index is 1290. The molecule has 0 saturated carbocycles. The summed E-state index contributed by atoms with van der Waals surface area (Å²) in [6.07, 6.45) is 1.87. The zero-order chi connectivity index (χ0) is 26.7. The van der Waals surface area contributed by atoms with Gasteiger partial charge >= 0.3 is 6.09 Å². The average Bonchev–Trinajstić information content (AvgIpc) is 3.44. The van der Waals surface area contributed by atoms with E-state index >= 15 is 0 Å². The van der Waals surface area contributed by atoms with Gasteiger partial charge in [0.15, 0.2) is 5.13 Å². The number of carbonyl (C=O) groups is 2. The fourth-order valence-corrected chi connectivity index (χ4v) is 4.84. The number of benzene rings is 1. The molecule has 0 aliphatic carbocycles. The lowest BCUT2D eigenvalue weighted by molar-refractivity contribution is 0.0509. The van der Waals surface area contributed by atoms with Crippen LogP contribution in [0.5, 0.6) is 0 Å². The molecule has 0 bridgehead atoms. The first-order valence-corrected chi connectivity index (χ1v) is 13.1. The molecule has 1 fully saturated rings. The van der Waals surface area contributed by atoms with Gasteiger partial charge in [-0.05, 0) is 52.7 Å². The van der Waals surface area contributed by atoms with Crippen molar-refractivity contribution in [1.29, 1.82) is 0 Å². The molecule has 3 N–H and O–H groups in total. The van der Waals surface area contributed by atoms with Crippen molar-refractivity contribution in [3.05, 3.63) is 51.7 Å². The number of anilines is 4. The quantitative estimate of drug-likeness (QED) is 0.383. The summed E-state index contributed by atoms with van der Waals surface area (Å²) >= 11 is 7.44. The van der Waals surface area contributed by atoms with Crippen LogP contribution in [0.15, 0.2) is 30.5 Å². The maximum absolute atomic E-state index is 12.8. The van der Waals surface area contributed by atoms with Crippen molar-refractivity contribution in [2.24, 2.45) is 0 Å². The summed E-state index contributed by atoms with van der Waals surface area (Å²) < 4.78 is 5.36. The van der Waals surface area contributed by atoms with Crippen molar-refractivity contribution in [3.8, 4) is 0 Å². The van der Waals surface area contributed by atoms with Crippen LogP contribution in [0.4, 0.5) is 27.2 Å². The van der Waals surface area contributed by atoms with Crippen LogP contribution in [0.1, 0.15) is 48.3 Å². The first kappa shape index (κ1) is 26.6. The van der Waals surface area contributed by atoms with Crippen LogP contribution < -0.4 is 20.9 Å². The number of ether oxygens (including phenoxy) is 1. The number of aromatic nitrogens is 3. The van der Waals surface area contributed by atoms with Crippen LogP contribution in [0, 0.1) is 13.8 Å². The predicted molar refractivity (Wildman–Crippen MR) is 146 cm³/mol. The second-order valence-electron chi connectivity index (χ2n) is 9.78. The van der Waals surface area contributed by atoms with Gasteiger partial charge in [0.25, 0.3) is 5.91 Å². The molecule has 0 spiro atoms. The monoisotopic (exact) mass is 543 g/mol. The number of para-hydroxylation sites is 1. The Labute approximate surface area is 224 Å². The number of halogens is 1. The van der Waals surface area contributed by atoms with E-state index in [1.165, 1.54) is 17.5 Å². The van der Waals surface area contributed by atoms with E-state index in [4.69, 9.17) is 16.3 Å². The molecule has 1 atom stereocenters. The van der Waals surface area contributed by atoms with Crippen molar-refractivity contribution >= 4 is 57.4 Å². The van der Waals surface area contributed by atoms with Crippen LogP contribution in [-0.4, -0.2) is 51.7 Å². The van der Waals surface area contributed by atoms with Gasteiger partial charge in [-0.1, -0.05) is 35.1 Å².